The van der Waals surface area contributed by atoms with Crippen molar-refractivity contribution in [3.05, 3.63) is 87.4 Å². The maximum atomic E-state index is 6.33. The van der Waals surface area contributed by atoms with Crippen LogP contribution in [0.15, 0.2) is 71.9 Å². The molecule has 1 heterocycles. The lowest BCUT2D eigenvalue weighted by atomic mass is 10.2. The van der Waals surface area contributed by atoms with Gasteiger partial charge in [0.25, 0.3) is 0 Å². The molecule has 0 aliphatic carbocycles. The number of ether oxygens (including phenoxy) is 1. The first-order valence-corrected chi connectivity index (χ1v) is 11.1. The fourth-order valence-corrected chi connectivity index (χ4v) is 4.74. The second kappa shape index (κ2) is 9.31. The summed E-state index contributed by atoms with van der Waals surface area (Å²) >= 11 is 20.2. The molecule has 0 aliphatic rings. The highest BCUT2D eigenvalue weighted by Crippen LogP contribution is 2.34. The van der Waals surface area contributed by atoms with E-state index in [4.69, 9.17) is 39.5 Å². The normalized spacial score (nSPS) is 10.9. The Hall–Kier alpha value is -2.18. The third kappa shape index (κ3) is 4.44. The first-order valence-electron chi connectivity index (χ1n) is 8.98. The summed E-state index contributed by atoms with van der Waals surface area (Å²) in [5.74, 6) is 2.05. The molecule has 0 radical (unpaired) electrons. The summed E-state index contributed by atoms with van der Waals surface area (Å²) in [5, 5.41) is 11.5. The molecule has 0 unspecified atom stereocenters. The van der Waals surface area contributed by atoms with E-state index >= 15 is 0 Å². The van der Waals surface area contributed by atoms with Crippen LogP contribution in [0.25, 0.3) is 17.1 Å². The topological polar surface area (TPSA) is 39.9 Å². The van der Waals surface area contributed by atoms with Crippen molar-refractivity contribution < 1.29 is 4.74 Å². The number of hydrogen-bond donors (Lipinski definition) is 0. The monoisotopic (exact) mass is 475 g/mol. The highest BCUT2D eigenvalue weighted by atomic mass is 35.5. The predicted octanol–water partition coefficient (Wildman–Crippen LogP) is 7.20. The van der Waals surface area contributed by atoms with Gasteiger partial charge in [-0.2, -0.15) is 0 Å². The predicted molar refractivity (Wildman–Crippen MR) is 124 cm³/mol. The lowest BCUT2D eigenvalue weighted by Gasteiger charge is -2.12. The highest BCUT2D eigenvalue weighted by molar-refractivity contribution is 7.98. The summed E-state index contributed by atoms with van der Waals surface area (Å²) in [6.45, 7) is 0. The summed E-state index contributed by atoms with van der Waals surface area (Å²) in [6, 6.07) is 20.7. The van der Waals surface area contributed by atoms with Gasteiger partial charge in [0.1, 0.15) is 5.75 Å². The molecule has 152 valence electrons. The zero-order valence-electron chi connectivity index (χ0n) is 15.8. The molecule has 0 saturated carbocycles. The minimum atomic E-state index is 0.563. The number of hydrogen-bond acceptors (Lipinski definition) is 4. The summed E-state index contributed by atoms with van der Waals surface area (Å²) in [7, 11) is 1.64. The average molecular weight is 477 g/mol. The van der Waals surface area contributed by atoms with E-state index in [1.807, 2.05) is 71.3 Å². The average Bonchev–Trinajstić information content (AvgIpc) is 3.18. The highest BCUT2D eigenvalue weighted by Gasteiger charge is 2.17. The van der Waals surface area contributed by atoms with Crippen molar-refractivity contribution in [2.45, 2.75) is 10.9 Å². The van der Waals surface area contributed by atoms with Gasteiger partial charge in [-0.05, 0) is 66.2 Å². The number of rotatable bonds is 6. The number of halogens is 3. The minimum absolute atomic E-state index is 0.563. The molecule has 8 heteroatoms. The van der Waals surface area contributed by atoms with Crippen LogP contribution in [-0.2, 0) is 5.75 Å². The van der Waals surface area contributed by atoms with Gasteiger partial charge in [-0.25, -0.2) is 0 Å². The van der Waals surface area contributed by atoms with Crippen LogP contribution in [0, 0.1) is 0 Å². The van der Waals surface area contributed by atoms with Gasteiger partial charge < -0.3 is 4.74 Å². The summed E-state index contributed by atoms with van der Waals surface area (Å²) in [4.78, 5) is 0. The number of nitrogens with zero attached hydrogens (tertiary/aromatic N) is 3. The molecule has 0 aliphatic heterocycles. The Morgan fingerprint density at radius 2 is 1.53 bits per heavy atom. The molecule has 1 aromatic heterocycles. The Balaban J connectivity index is 1.75. The van der Waals surface area contributed by atoms with Crippen molar-refractivity contribution in [1.82, 2.24) is 14.8 Å². The number of methoxy groups -OCH3 is 1. The molecule has 0 amide bonds. The number of benzene rings is 3. The zero-order valence-corrected chi connectivity index (χ0v) is 18.9. The van der Waals surface area contributed by atoms with Gasteiger partial charge in [0, 0.05) is 32.1 Å². The van der Waals surface area contributed by atoms with Crippen LogP contribution < -0.4 is 4.74 Å². The lowest BCUT2D eigenvalue weighted by molar-refractivity contribution is 0.414. The maximum absolute atomic E-state index is 6.33. The second-order valence-electron chi connectivity index (χ2n) is 6.34. The molecule has 0 atom stereocenters. The standard InChI is InChI=1S/C22H16Cl3N3OS/c1-29-17-11-9-16(10-12-17)28-21(14-5-7-15(23)8-6-14)26-27-22(28)30-13-18-19(24)3-2-4-20(18)25/h2-12H,13H2,1H3. The molecule has 30 heavy (non-hydrogen) atoms. The fraction of sp³-hybridized carbons (Fsp3) is 0.0909. The van der Waals surface area contributed by atoms with Gasteiger partial charge in [-0.3, -0.25) is 4.57 Å². The Bertz CT molecular complexity index is 1140. The van der Waals surface area contributed by atoms with Crippen LogP contribution in [0.4, 0.5) is 0 Å². The van der Waals surface area contributed by atoms with Gasteiger partial charge >= 0.3 is 0 Å². The van der Waals surface area contributed by atoms with Gasteiger partial charge in [0.2, 0.25) is 0 Å². The largest absolute Gasteiger partial charge is 0.497 e. The van der Waals surface area contributed by atoms with Gasteiger partial charge in [0.15, 0.2) is 11.0 Å². The van der Waals surface area contributed by atoms with Crippen LogP contribution in [0.2, 0.25) is 15.1 Å². The molecular formula is C22H16Cl3N3OS. The van der Waals surface area contributed by atoms with Crippen molar-refractivity contribution in [2.24, 2.45) is 0 Å². The molecule has 0 N–H and O–H groups in total. The van der Waals surface area contributed by atoms with E-state index in [9.17, 15) is 0 Å². The first kappa shape index (κ1) is 21.1. The Kier molecular flexibility index (Phi) is 6.54. The Labute approximate surface area is 193 Å². The third-order valence-electron chi connectivity index (χ3n) is 4.47. The Morgan fingerprint density at radius 3 is 2.17 bits per heavy atom. The van der Waals surface area contributed by atoms with E-state index in [0.717, 1.165) is 27.7 Å². The van der Waals surface area contributed by atoms with Crippen molar-refractivity contribution in [3.8, 4) is 22.8 Å². The molecular weight excluding hydrogens is 461 g/mol. The molecule has 0 spiro atoms. The smallest absolute Gasteiger partial charge is 0.196 e. The van der Waals surface area contributed by atoms with Gasteiger partial charge in [-0.1, -0.05) is 52.6 Å². The molecule has 0 saturated heterocycles. The van der Waals surface area contributed by atoms with Crippen molar-refractivity contribution in [3.63, 3.8) is 0 Å². The summed E-state index contributed by atoms with van der Waals surface area (Å²) in [6.07, 6.45) is 0. The van der Waals surface area contributed by atoms with Crippen LogP contribution in [0.5, 0.6) is 5.75 Å². The molecule has 0 fully saturated rings. The van der Waals surface area contributed by atoms with E-state index in [1.165, 1.54) is 11.8 Å². The number of thioether (sulfide) groups is 1. The quantitative estimate of drug-likeness (QED) is 0.276. The SMILES string of the molecule is COc1ccc(-n2c(SCc3c(Cl)cccc3Cl)nnc2-c2ccc(Cl)cc2)cc1. The van der Waals surface area contributed by atoms with Crippen molar-refractivity contribution in [1.29, 1.82) is 0 Å². The van der Waals surface area contributed by atoms with E-state index in [0.29, 0.717) is 26.6 Å². The second-order valence-corrected chi connectivity index (χ2v) is 8.53. The van der Waals surface area contributed by atoms with E-state index in [-0.39, 0.29) is 0 Å². The zero-order chi connectivity index (χ0) is 21.1. The van der Waals surface area contributed by atoms with Crippen LogP contribution in [-0.4, -0.2) is 21.9 Å². The fourth-order valence-electron chi connectivity index (χ4n) is 2.92. The van der Waals surface area contributed by atoms with Gasteiger partial charge in [-0.15, -0.1) is 10.2 Å². The number of aromatic nitrogens is 3. The van der Waals surface area contributed by atoms with Crippen LogP contribution in [0.1, 0.15) is 5.56 Å². The Morgan fingerprint density at radius 1 is 0.867 bits per heavy atom. The minimum Gasteiger partial charge on any atom is -0.497 e. The third-order valence-corrected chi connectivity index (χ3v) is 6.39. The van der Waals surface area contributed by atoms with E-state index in [2.05, 4.69) is 10.2 Å². The van der Waals surface area contributed by atoms with Crippen LogP contribution in [0.3, 0.4) is 0 Å². The van der Waals surface area contributed by atoms with E-state index in [1.54, 1.807) is 7.11 Å². The molecule has 3 aromatic carbocycles. The molecule has 4 rings (SSSR count). The van der Waals surface area contributed by atoms with Crippen molar-refractivity contribution >= 4 is 46.6 Å². The molecule has 0 bridgehead atoms. The summed E-state index contributed by atoms with van der Waals surface area (Å²) < 4.78 is 7.28. The van der Waals surface area contributed by atoms with Gasteiger partial charge in [0.05, 0.1) is 7.11 Å². The van der Waals surface area contributed by atoms with Crippen LogP contribution >= 0.6 is 46.6 Å². The molecule has 4 nitrogen and oxygen atoms in total. The maximum Gasteiger partial charge on any atom is 0.196 e. The van der Waals surface area contributed by atoms with Crippen molar-refractivity contribution in [2.75, 3.05) is 7.11 Å². The lowest BCUT2D eigenvalue weighted by Crippen LogP contribution is -2.00. The first-order chi connectivity index (χ1) is 14.6. The summed E-state index contributed by atoms with van der Waals surface area (Å²) in [5.41, 5.74) is 2.69. The van der Waals surface area contributed by atoms with E-state index < -0.39 is 0 Å². The molecule has 4 aromatic rings.